The van der Waals surface area contributed by atoms with Crippen molar-refractivity contribution < 1.29 is 9.53 Å². The summed E-state index contributed by atoms with van der Waals surface area (Å²) in [6.45, 7) is 2.24. The normalized spacial score (nSPS) is 10.9. The van der Waals surface area contributed by atoms with Gasteiger partial charge >= 0.3 is 5.97 Å². The van der Waals surface area contributed by atoms with Crippen molar-refractivity contribution in [3.05, 3.63) is 54.2 Å². The average Bonchev–Trinajstić information content (AvgIpc) is 2.53. The van der Waals surface area contributed by atoms with E-state index in [9.17, 15) is 4.79 Å². The summed E-state index contributed by atoms with van der Waals surface area (Å²) in [5.41, 5.74) is 1.92. The molecule has 0 saturated heterocycles. The molecule has 0 spiro atoms. The molecule has 1 aromatic heterocycles. The highest BCUT2D eigenvalue weighted by atomic mass is 16.5. The predicted octanol–water partition coefficient (Wildman–Crippen LogP) is 3.88. The van der Waals surface area contributed by atoms with Gasteiger partial charge in [0, 0.05) is 22.9 Å². The topological polar surface area (TPSA) is 39.2 Å². The van der Waals surface area contributed by atoms with Crippen LogP contribution in [0.1, 0.15) is 19.0 Å². The second-order valence-corrected chi connectivity index (χ2v) is 4.93. The molecule has 0 unspecified atom stereocenters. The summed E-state index contributed by atoms with van der Waals surface area (Å²) in [6, 6.07) is 16.3. The second kappa shape index (κ2) is 5.92. The average molecular weight is 279 g/mol. The lowest BCUT2D eigenvalue weighted by atomic mass is 10.0. The van der Waals surface area contributed by atoms with E-state index in [1.807, 2.05) is 37.3 Å². The van der Waals surface area contributed by atoms with Crippen molar-refractivity contribution in [3.8, 4) is 0 Å². The maximum absolute atomic E-state index is 11.6. The van der Waals surface area contributed by atoms with Gasteiger partial charge in [-0.1, -0.05) is 42.5 Å². The Balaban J connectivity index is 2.06. The third kappa shape index (κ3) is 2.72. The van der Waals surface area contributed by atoms with E-state index in [1.165, 1.54) is 5.39 Å². The molecular formula is C18H17NO2. The monoisotopic (exact) mass is 279 g/mol. The van der Waals surface area contributed by atoms with Crippen LogP contribution < -0.4 is 0 Å². The quantitative estimate of drug-likeness (QED) is 0.537. The Hall–Kier alpha value is -2.42. The fraction of sp³-hybridized carbons (Fsp3) is 0.222. The van der Waals surface area contributed by atoms with Crippen LogP contribution in [0.25, 0.3) is 21.7 Å². The molecule has 0 atom stereocenters. The van der Waals surface area contributed by atoms with E-state index in [0.717, 1.165) is 22.0 Å². The van der Waals surface area contributed by atoms with E-state index >= 15 is 0 Å². The molecule has 3 nitrogen and oxygen atoms in total. The molecular weight excluding hydrogens is 262 g/mol. The Labute approximate surface area is 123 Å². The summed E-state index contributed by atoms with van der Waals surface area (Å²) in [4.78, 5) is 16.3. The summed E-state index contributed by atoms with van der Waals surface area (Å²) in [7, 11) is 0. The molecule has 0 bridgehead atoms. The van der Waals surface area contributed by atoms with Gasteiger partial charge in [0.15, 0.2) is 0 Å². The van der Waals surface area contributed by atoms with Gasteiger partial charge in [-0.2, -0.15) is 0 Å². The van der Waals surface area contributed by atoms with E-state index < -0.39 is 0 Å². The van der Waals surface area contributed by atoms with Gasteiger partial charge in [0.2, 0.25) is 0 Å². The van der Waals surface area contributed by atoms with Crippen molar-refractivity contribution in [1.29, 1.82) is 0 Å². The number of nitrogens with zero attached hydrogens (tertiary/aromatic N) is 1. The first-order valence-electron chi connectivity index (χ1n) is 7.21. The standard InChI is InChI=1S/C18H17NO2/c1-2-21-18(20)12-11-17-15-8-4-3-7-13(15)14-9-5-6-10-16(14)19-17/h3-10H,2,11-12H2,1H3. The number of aromatic nitrogens is 1. The lowest BCUT2D eigenvalue weighted by Gasteiger charge is -2.09. The van der Waals surface area contributed by atoms with Crippen LogP contribution in [0.4, 0.5) is 0 Å². The highest BCUT2D eigenvalue weighted by Crippen LogP contribution is 2.26. The molecule has 2 aromatic carbocycles. The van der Waals surface area contributed by atoms with Crippen LogP contribution >= 0.6 is 0 Å². The zero-order valence-corrected chi connectivity index (χ0v) is 12.0. The third-order valence-corrected chi connectivity index (χ3v) is 3.56. The van der Waals surface area contributed by atoms with Crippen LogP contribution in [0.5, 0.6) is 0 Å². The lowest BCUT2D eigenvalue weighted by Crippen LogP contribution is -2.06. The summed E-state index contributed by atoms with van der Waals surface area (Å²) in [5, 5.41) is 3.44. The van der Waals surface area contributed by atoms with E-state index in [0.29, 0.717) is 19.4 Å². The van der Waals surface area contributed by atoms with Crippen LogP contribution in [0, 0.1) is 0 Å². The first-order valence-corrected chi connectivity index (χ1v) is 7.21. The molecule has 0 fully saturated rings. The Morgan fingerprint density at radius 3 is 2.43 bits per heavy atom. The highest BCUT2D eigenvalue weighted by molar-refractivity contribution is 6.06. The maximum atomic E-state index is 11.6. The largest absolute Gasteiger partial charge is 0.466 e. The van der Waals surface area contributed by atoms with Crippen molar-refractivity contribution in [2.24, 2.45) is 0 Å². The molecule has 106 valence electrons. The SMILES string of the molecule is CCOC(=O)CCc1nc2ccccc2c2ccccc12. The van der Waals surface area contributed by atoms with Gasteiger partial charge in [-0.05, 0) is 18.4 Å². The molecule has 3 heteroatoms. The number of carbonyl (C=O) groups is 1. The number of carbonyl (C=O) groups excluding carboxylic acids is 1. The fourth-order valence-electron chi connectivity index (χ4n) is 2.62. The summed E-state index contributed by atoms with van der Waals surface area (Å²) in [5.74, 6) is -0.170. The van der Waals surface area contributed by atoms with Crippen LogP contribution in [-0.2, 0) is 16.0 Å². The van der Waals surface area contributed by atoms with Crippen molar-refractivity contribution in [2.45, 2.75) is 19.8 Å². The van der Waals surface area contributed by atoms with Crippen molar-refractivity contribution in [1.82, 2.24) is 4.98 Å². The van der Waals surface area contributed by atoms with Gasteiger partial charge in [-0.25, -0.2) is 0 Å². The third-order valence-electron chi connectivity index (χ3n) is 3.56. The minimum absolute atomic E-state index is 0.170. The number of para-hydroxylation sites is 1. The van der Waals surface area contributed by atoms with Crippen LogP contribution in [-0.4, -0.2) is 17.6 Å². The molecule has 1 heterocycles. The molecule has 0 aliphatic carbocycles. The van der Waals surface area contributed by atoms with Gasteiger partial charge < -0.3 is 4.74 Å². The zero-order chi connectivity index (χ0) is 14.7. The molecule has 0 aliphatic rings. The molecule has 3 rings (SSSR count). The van der Waals surface area contributed by atoms with Crippen molar-refractivity contribution in [3.63, 3.8) is 0 Å². The molecule has 0 amide bonds. The number of pyridine rings is 1. The molecule has 0 aliphatic heterocycles. The first-order chi connectivity index (χ1) is 10.3. The number of hydrogen-bond acceptors (Lipinski definition) is 3. The van der Waals surface area contributed by atoms with Gasteiger partial charge in [-0.3, -0.25) is 9.78 Å². The first kappa shape index (κ1) is 13.6. The molecule has 3 aromatic rings. The smallest absolute Gasteiger partial charge is 0.306 e. The summed E-state index contributed by atoms with van der Waals surface area (Å²) >= 11 is 0. The van der Waals surface area contributed by atoms with E-state index in [1.54, 1.807) is 0 Å². The Kier molecular flexibility index (Phi) is 3.82. The minimum atomic E-state index is -0.170. The number of rotatable bonds is 4. The molecule has 21 heavy (non-hydrogen) atoms. The number of benzene rings is 2. The molecule has 0 saturated carbocycles. The minimum Gasteiger partial charge on any atom is -0.466 e. The fourth-order valence-corrected chi connectivity index (χ4v) is 2.62. The van der Waals surface area contributed by atoms with E-state index in [4.69, 9.17) is 9.72 Å². The predicted molar refractivity (Wildman–Crippen MR) is 84.2 cm³/mol. The molecule has 0 N–H and O–H groups in total. The number of fused-ring (bicyclic) bond motifs is 3. The Morgan fingerprint density at radius 1 is 1.00 bits per heavy atom. The number of ether oxygens (including phenoxy) is 1. The van der Waals surface area contributed by atoms with Gasteiger partial charge in [0.1, 0.15) is 0 Å². The lowest BCUT2D eigenvalue weighted by molar-refractivity contribution is -0.143. The summed E-state index contributed by atoms with van der Waals surface area (Å²) < 4.78 is 5.00. The maximum Gasteiger partial charge on any atom is 0.306 e. The van der Waals surface area contributed by atoms with Crippen LogP contribution in [0.3, 0.4) is 0 Å². The summed E-state index contributed by atoms with van der Waals surface area (Å²) in [6.07, 6.45) is 0.966. The van der Waals surface area contributed by atoms with E-state index in [2.05, 4.69) is 18.2 Å². The highest BCUT2D eigenvalue weighted by Gasteiger charge is 2.10. The Morgan fingerprint density at radius 2 is 1.67 bits per heavy atom. The molecule has 0 radical (unpaired) electrons. The van der Waals surface area contributed by atoms with Crippen LogP contribution in [0.2, 0.25) is 0 Å². The van der Waals surface area contributed by atoms with Gasteiger partial charge in [0.05, 0.1) is 18.5 Å². The van der Waals surface area contributed by atoms with Crippen molar-refractivity contribution in [2.75, 3.05) is 6.61 Å². The van der Waals surface area contributed by atoms with Gasteiger partial charge in [-0.15, -0.1) is 0 Å². The zero-order valence-electron chi connectivity index (χ0n) is 12.0. The van der Waals surface area contributed by atoms with Crippen molar-refractivity contribution >= 4 is 27.6 Å². The Bertz CT molecular complexity index is 795. The number of esters is 1. The van der Waals surface area contributed by atoms with Crippen LogP contribution in [0.15, 0.2) is 48.5 Å². The number of hydrogen-bond donors (Lipinski definition) is 0. The second-order valence-electron chi connectivity index (χ2n) is 4.93. The number of aryl methyl sites for hydroxylation is 1. The van der Waals surface area contributed by atoms with E-state index in [-0.39, 0.29) is 5.97 Å². The van der Waals surface area contributed by atoms with Gasteiger partial charge in [0.25, 0.3) is 0 Å².